The van der Waals surface area contributed by atoms with Crippen LogP contribution in [0, 0.1) is 0 Å². The summed E-state index contributed by atoms with van der Waals surface area (Å²) in [6.07, 6.45) is 3.26. The van der Waals surface area contributed by atoms with Crippen molar-refractivity contribution in [2.75, 3.05) is 26.2 Å². The van der Waals surface area contributed by atoms with Crippen LogP contribution in [0.1, 0.15) is 41.4 Å². The molecule has 0 spiro atoms. The molecule has 2 heterocycles. The van der Waals surface area contributed by atoms with Gasteiger partial charge in [-0.3, -0.25) is 9.69 Å². The minimum Gasteiger partial charge on any atom is -0.360 e. The van der Waals surface area contributed by atoms with Crippen LogP contribution in [0.5, 0.6) is 0 Å². The number of nitrogens with one attached hydrogen (secondary N) is 1. The Morgan fingerprint density at radius 3 is 3.11 bits per heavy atom. The number of nitrogens with two attached hydrogens (primary N) is 1. The average Bonchev–Trinajstić information content (AvgIpc) is 2.96. The fraction of sp³-hybridized carbons (Fsp3) is 0.692. The van der Waals surface area contributed by atoms with Crippen LogP contribution in [0.2, 0.25) is 0 Å². The summed E-state index contributed by atoms with van der Waals surface area (Å²) in [7, 11) is 0. The highest BCUT2D eigenvalue weighted by atomic mass is 16.5. The summed E-state index contributed by atoms with van der Waals surface area (Å²) in [5, 5.41) is 6.87. The minimum absolute atomic E-state index is 0.129. The zero-order chi connectivity index (χ0) is 13.2. The molecule has 1 unspecified atom stereocenters. The summed E-state index contributed by atoms with van der Waals surface area (Å²) >= 11 is 0. The second-order valence-corrected chi connectivity index (χ2v) is 5.44. The molecule has 2 aliphatic rings. The highest BCUT2D eigenvalue weighted by Crippen LogP contribution is 2.40. The molecule has 0 aromatic carbocycles. The summed E-state index contributed by atoms with van der Waals surface area (Å²) in [5.74, 6) is 1.21. The summed E-state index contributed by atoms with van der Waals surface area (Å²) in [6, 6.07) is 1.97. The monoisotopic (exact) mass is 264 g/mol. The molecule has 1 saturated carbocycles. The predicted molar refractivity (Wildman–Crippen MR) is 69.8 cm³/mol. The third kappa shape index (κ3) is 2.96. The van der Waals surface area contributed by atoms with Crippen molar-refractivity contribution in [2.45, 2.75) is 31.2 Å². The molecule has 3 N–H and O–H groups in total. The highest BCUT2D eigenvalue weighted by Gasteiger charge is 2.30. The van der Waals surface area contributed by atoms with E-state index in [-0.39, 0.29) is 11.9 Å². The second-order valence-electron chi connectivity index (χ2n) is 5.44. The number of hydrogen-bond acceptors (Lipinski definition) is 5. The average molecular weight is 264 g/mol. The first kappa shape index (κ1) is 12.6. The van der Waals surface area contributed by atoms with Crippen molar-refractivity contribution >= 4 is 5.91 Å². The van der Waals surface area contributed by atoms with E-state index in [4.69, 9.17) is 10.3 Å². The fourth-order valence-corrected chi connectivity index (χ4v) is 2.55. The number of amides is 1. The largest absolute Gasteiger partial charge is 0.360 e. The number of aromatic nitrogens is 1. The molecule has 1 saturated heterocycles. The molecule has 3 rings (SSSR count). The van der Waals surface area contributed by atoms with Gasteiger partial charge in [-0.1, -0.05) is 5.16 Å². The van der Waals surface area contributed by atoms with Crippen LogP contribution in [0.3, 0.4) is 0 Å². The van der Waals surface area contributed by atoms with Gasteiger partial charge in [0.25, 0.3) is 5.91 Å². The summed E-state index contributed by atoms with van der Waals surface area (Å²) in [6.45, 7) is 3.42. The maximum atomic E-state index is 12.0. The SMILES string of the molecule is NCCN1CCC(NC(=O)c2cc(C3CC3)on2)C1. The van der Waals surface area contributed by atoms with Crippen molar-refractivity contribution in [1.82, 2.24) is 15.4 Å². The van der Waals surface area contributed by atoms with Gasteiger partial charge < -0.3 is 15.6 Å². The first-order chi connectivity index (χ1) is 9.26. The molecule has 1 aliphatic carbocycles. The molecule has 1 atom stereocenters. The van der Waals surface area contributed by atoms with E-state index in [1.54, 1.807) is 6.07 Å². The molecule has 19 heavy (non-hydrogen) atoms. The Morgan fingerprint density at radius 1 is 1.53 bits per heavy atom. The van der Waals surface area contributed by atoms with Crippen LogP contribution < -0.4 is 11.1 Å². The number of rotatable bonds is 5. The molecule has 1 aliphatic heterocycles. The Balaban J connectivity index is 1.53. The Hall–Kier alpha value is -1.40. The minimum atomic E-state index is -0.129. The number of hydrogen-bond donors (Lipinski definition) is 2. The quantitative estimate of drug-likeness (QED) is 0.800. The van der Waals surface area contributed by atoms with Crippen molar-refractivity contribution in [2.24, 2.45) is 5.73 Å². The van der Waals surface area contributed by atoms with Gasteiger partial charge >= 0.3 is 0 Å². The van der Waals surface area contributed by atoms with Crippen molar-refractivity contribution in [3.05, 3.63) is 17.5 Å². The van der Waals surface area contributed by atoms with Crippen molar-refractivity contribution < 1.29 is 9.32 Å². The van der Waals surface area contributed by atoms with Crippen LogP contribution in [0.25, 0.3) is 0 Å². The summed E-state index contributed by atoms with van der Waals surface area (Å²) in [4.78, 5) is 14.3. The van der Waals surface area contributed by atoms with Gasteiger partial charge in [0, 0.05) is 44.2 Å². The molecule has 1 amide bonds. The van der Waals surface area contributed by atoms with Gasteiger partial charge in [-0.05, 0) is 19.3 Å². The normalized spacial score (nSPS) is 23.7. The smallest absolute Gasteiger partial charge is 0.273 e. The van der Waals surface area contributed by atoms with Crippen molar-refractivity contribution in [3.63, 3.8) is 0 Å². The molecular weight excluding hydrogens is 244 g/mol. The molecule has 2 fully saturated rings. The Morgan fingerprint density at radius 2 is 2.37 bits per heavy atom. The van der Waals surface area contributed by atoms with Crippen molar-refractivity contribution in [3.8, 4) is 0 Å². The number of carbonyl (C=O) groups is 1. The molecular formula is C13H20N4O2. The topological polar surface area (TPSA) is 84.4 Å². The van der Waals surface area contributed by atoms with E-state index < -0.39 is 0 Å². The lowest BCUT2D eigenvalue weighted by atomic mass is 10.2. The summed E-state index contributed by atoms with van der Waals surface area (Å²) < 4.78 is 5.20. The molecule has 1 aromatic heterocycles. The Labute approximate surface area is 112 Å². The van der Waals surface area contributed by atoms with Crippen LogP contribution in [0.4, 0.5) is 0 Å². The molecule has 104 valence electrons. The van der Waals surface area contributed by atoms with Crippen LogP contribution in [-0.2, 0) is 0 Å². The van der Waals surface area contributed by atoms with Crippen molar-refractivity contribution in [1.29, 1.82) is 0 Å². The van der Waals surface area contributed by atoms with Gasteiger partial charge in [-0.2, -0.15) is 0 Å². The highest BCUT2D eigenvalue weighted by molar-refractivity contribution is 5.92. The number of carbonyl (C=O) groups excluding carboxylic acids is 1. The third-order valence-electron chi connectivity index (χ3n) is 3.79. The molecule has 1 aromatic rings. The van der Waals surface area contributed by atoms with E-state index in [1.807, 2.05) is 0 Å². The van der Waals surface area contributed by atoms with Gasteiger partial charge in [0.05, 0.1) is 0 Å². The van der Waals surface area contributed by atoms with Crippen LogP contribution in [-0.4, -0.2) is 48.2 Å². The lowest BCUT2D eigenvalue weighted by Gasteiger charge is -2.14. The maximum absolute atomic E-state index is 12.0. The van der Waals surface area contributed by atoms with E-state index in [2.05, 4.69) is 15.4 Å². The predicted octanol–water partition coefficient (Wildman–Crippen LogP) is 0.315. The van der Waals surface area contributed by atoms with Gasteiger partial charge in [0.1, 0.15) is 5.76 Å². The van der Waals surface area contributed by atoms with Crippen LogP contribution >= 0.6 is 0 Å². The fourth-order valence-electron chi connectivity index (χ4n) is 2.55. The van der Waals surface area contributed by atoms with Gasteiger partial charge in [-0.15, -0.1) is 0 Å². The zero-order valence-electron chi connectivity index (χ0n) is 11.0. The van der Waals surface area contributed by atoms with E-state index in [0.29, 0.717) is 18.2 Å². The first-order valence-electron chi connectivity index (χ1n) is 6.96. The van der Waals surface area contributed by atoms with Gasteiger partial charge in [0.2, 0.25) is 0 Å². The van der Waals surface area contributed by atoms with E-state index >= 15 is 0 Å². The van der Waals surface area contributed by atoms with Gasteiger partial charge in [0.15, 0.2) is 5.69 Å². The first-order valence-corrected chi connectivity index (χ1v) is 6.96. The zero-order valence-corrected chi connectivity index (χ0v) is 11.0. The molecule has 0 radical (unpaired) electrons. The lowest BCUT2D eigenvalue weighted by Crippen LogP contribution is -2.38. The van der Waals surface area contributed by atoms with Crippen LogP contribution in [0.15, 0.2) is 10.6 Å². The van der Waals surface area contributed by atoms with E-state index in [0.717, 1.165) is 44.7 Å². The third-order valence-corrected chi connectivity index (χ3v) is 3.79. The Bertz CT molecular complexity index is 455. The molecule has 6 nitrogen and oxygen atoms in total. The van der Waals surface area contributed by atoms with Gasteiger partial charge in [-0.25, -0.2) is 0 Å². The lowest BCUT2D eigenvalue weighted by molar-refractivity contribution is 0.0928. The number of nitrogens with zero attached hydrogens (tertiary/aromatic N) is 2. The molecule has 6 heteroatoms. The Kier molecular flexibility index (Phi) is 3.52. The van der Waals surface area contributed by atoms with E-state index in [1.165, 1.54) is 0 Å². The summed E-state index contributed by atoms with van der Waals surface area (Å²) in [5.41, 5.74) is 5.93. The maximum Gasteiger partial charge on any atom is 0.273 e. The standard InChI is InChI=1S/C13H20N4O2/c14-4-6-17-5-3-10(8-17)15-13(18)11-7-12(19-16-11)9-1-2-9/h7,9-10H,1-6,8,14H2,(H,15,18). The second kappa shape index (κ2) is 5.30. The van der Waals surface area contributed by atoms with E-state index in [9.17, 15) is 4.79 Å². The molecule has 0 bridgehead atoms. The number of likely N-dealkylation sites (tertiary alicyclic amines) is 1.